The zero-order valence-corrected chi connectivity index (χ0v) is 13.6. The Balaban J connectivity index is 2.03. The van der Waals surface area contributed by atoms with E-state index >= 15 is 0 Å². The van der Waals surface area contributed by atoms with Gasteiger partial charge in [-0.1, -0.05) is 6.42 Å². The number of hydrogen-bond donors (Lipinski definition) is 0. The molecule has 0 amide bonds. The lowest BCUT2D eigenvalue weighted by Crippen LogP contribution is -2.43. The maximum atomic E-state index is 12.7. The van der Waals surface area contributed by atoms with Crippen LogP contribution in [0.1, 0.15) is 32.1 Å². The number of carbonyl (C=O) groups excluding carboxylic acids is 1. The van der Waals surface area contributed by atoms with Crippen LogP contribution in [0, 0.1) is 11.8 Å². The van der Waals surface area contributed by atoms with E-state index in [1.54, 1.807) is 7.05 Å². The first kappa shape index (κ1) is 16.7. The minimum absolute atomic E-state index is 0.344. The Morgan fingerprint density at radius 2 is 1.90 bits per heavy atom. The van der Waals surface area contributed by atoms with Gasteiger partial charge in [-0.25, -0.2) is 12.7 Å². The van der Waals surface area contributed by atoms with Crippen molar-refractivity contribution >= 4 is 16.0 Å². The zero-order valence-electron chi connectivity index (χ0n) is 12.8. The fourth-order valence-corrected chi connectivity index (χ4v) is 5.34. The van der Waals surface area contributed by atoms with Crippen molar-refractivity contribution in [2.45, 2.75) is 37.4 Å². The quantitative estimate of drug-likeness (QED) is 0.707. The normalized spacial score (nSPS) is 28.0. The van der Waals surface area contributed by atoms with Crippen LogP contribution in [0.5, 0.6) is 0 Å². The van der Waals surface area contributed by atoms with Gasteiger partial charge in [0, 0.05) is 26.8 Å². The zero-order chi connectivity index (χ0) is 15.5. The molecule has 7 heteroatoms. The highest BCUT2D eigenvalue weighted by molar-refractivity contribution is 7.89. The fraction of sp³-hybridized carbons (Fsp3) is 0.929. The first-order valence-electron chi connectivity index (χ1n) is 7.57. The maximum absolute atomic E-state index is 12.7. The molecule has 0 aromatic rings. The number of carbonyl (C=O) groups is 1. The summed E-state index contributed by atoms with van der Waals surface area (Å²) in [6.07, 6.45) is 3.69. The average molecular weight is 319 g/mol. The summed E-state index contributed by atoms with van der Waals surface area (Å²) in [7, 11) is -0.513. The third-order valence-corrected chi connectivity index (χ3v) is 6.98. The van der Waals surface area contributed by atoms with Gasteiger partial charge in [-0.15, -0.1) is 0 Å². The van der Waals surface area contributed by atoms with Gasteiger partial charge in [0.2, 0.25) is 10.0 Å². The molecule has 2 aliphatic rings. The molecule has 1 aliphatic carbocycles. The van der Waals surface area contributed by atoms with Crippen LogP contribution < -0.4 is 0 Å². The van der Waals surface area contributed by atoms with Gasteiger partial charge in [-0.3, -0.25) is 4.79 Å². The Morgan fingerprint density at radius 1 is 1.24 bits per heavy atom. The molecule has 1 heterocycles. The number of methoxy groups -OCH3 is 1. The topological polar surface area (TPSA) is 72.9 Å². The van der Waals surface area contributed by atoms with E-state index < -0.39 is 27.2 Å². The second-order valence-electron chi connectivity index (χ2n) is 5.98. The third-order valence-electron chi connectivity index (χ3n) is 4.63. The molecule has 0 N–H and O–H groups in total. The number of rotatable bonds is 5. The molecule has 2 rings (SSSR count). The molecule has 0 aromatic heterocycles. The summed E-state index contributed by atoms with van der Waals surface area (Å²) < 4.78 is 36.9. The second kappa shape index (κ2) is 7.07. The SMILES string of the molecule is COC(=O)C1CCCC1S(=O)(=O)N(C)CC1CCOCC1. The van der Waals surface area contributed by atoms with Crippen molar-refractivity contribution in [3.63, 3.8) is 0 Å². The molecule has 2 unspecified atom stereocenters. The van der Waals surface area contributed by atoms with E-state index in [9.17, 15) is 13.2 Å². The largest absolute Gasteiger partial charge is 0.469 e. The molecule has 1 aliphatic heterocycles. The van der Waals surface area contributed by atoms with Gasteiger partial charge in [0.25, 0.3) is 0 Å². The summed E-state index contributed by atoms with van der Waals surface area (Å²) in [5, 5.41) is -0.630. The standard InChI is InChI=1S/C14H25NO5S/c1-15(10-11-6-8-20-9-7-11)21(17,18)13-5-3-4-12(13)14(16)19-2/h11-13H,3-10H2,1-2H3. The van der Waals surface area contributed by atoms with Crippen LogP contribution in [0.25, 0.3) is 0 Å². The van der Waals surface area contributed by atoms with Gasteiger partial charge in [0.1, 0.15) is 0 Å². The van der Waals surface area contributed by atoms with Crippen molar-refractivity contribution in [2.75, 3.05) is 33.9 Å². The van der Waals surface area contributed by atoms with Crippen LogP contribution in [-0.4, -0.2) is 57.9 Å². The molecule has 0 spiro atoms. The highest BCUT2D eigenvalue weighted by Crippen LogP contribution is 2.34. The van der Waals surface area contributed by atoms with Crippen molar-refractivity contribution in [2.24, 2.45) is 11.8 Å². The van der Waals surface area contributed by atoms with E-state index in [-0.39, 0.29) is 0 Å². The van der Waals surface area contributed by atoms with Crippen LogP contribution in [0.15, 0.2) is 0 Å². The number of hydrogen-bond acceptors (Lipinski definition) is 5. The van der Waals surface area contributed by atoms with E-state index in [1.165, 1.54) is 11.4 Å². The summed E-state index contributed by atoms with van der Waals surface area (Å²) >= 11 is 0. The number of sulfonamides is 1. The summed E-state index contributed by atoms with van der Waals surface area (Å²) in [6.45, 7) is 1.91. The minimum Gasteiger partial charge on any atom is -0.469 e. The second-order valence-corrected chi connectivity index (χ2v) is 8.24. The molecule has 1 saturated heterocycles. The number of esters is 1. The highest BCUT2D eigenvalue weighted by Gasteiger charge is 2.44. The molecule has 0 bridgehead atoms. The van der Waals surface area contributed by atoms with Crippen molar-refractivity contribution in [1.29, 1.82) is 0 Å². The molecule has 21 heavy (non-hydrogen) atoms. The van der Waals surface area contributed by atoms with E-state index in [0.29, 0.717) is 38.5 Å². The van der Waals surface area contributed by atoms with Crippen molar-refractivity contribution in [3.8, 4) is 0 Å². The lowest BCUT2D eigenvalue weighted by molar-refractivity contribution is -0.145. The van der Waals surface area contributed by atoms with Gasteiger partial charge in [-0.2, -0.15) is 0 Å². The van der Waals surface area contributed by atoms with Gasteiger partial charge < -0.3 is 9.47 Å². The lowest BCUT2D eigenvalue weighted by atomic mass is 10.0. The molecule has 1 saturated carbocycles. The minimum atomic E-state index is -3.45. The monoisotopic (exact) mass is 319 g/mol. The highest BCUT2D eigenvalue weighted by atomic mass is 32.2. The van der Waals surface area contributed by atoms with Gasteiger partial charge in [0.15, 0.2) is 0 Å². The van der Waals surface area contributed by atoms with Gasteiger partial charge in [-0.05, 0) is 31.6 Å². The van der Waals surface area contributed by atoms with E-state index in [2.05, 4.69) is 0 Å². The van der Waals surface area contributed by atoms with Gasteiger partial charge >= 0.3 is 5.97 Å². The van der Waals surface area contributed by atoms with Crippen LogP contribution in [0.4, 0.5) is 0 Å². The Kier molecular flexibility index (Phi) is 5.62. The van der Waals surface area contributed by atoms with Crippen LogP contribution in [0.3, 0.4) is 0 Å². The molecule has 2 atom stereocenters. The molecule has 6 nitrogen and oxygen atoms in total. The molecule has 0 aromatic carbocycles. The van der Waals surface area contributed by atoms with E-state index in [0.717, 1.165) is 19.3 Å². The van der Waals surface area contributed by atoms with Crippen LogP contribution in [-0.2, 0) is 24.3 Å². The lowest BCUT2D eigenvalue weighted by Gasteiger charge is -2.29. The summed E-state index contributed by atoms with van der Waals surface area (Å²) in [5.41, 5.74) is 0. The average Bonchev–Trinajstić information content (AvgIpc) is 2.97. The van der Waals surface area contributed by atoms with Gasteiger partial charge in [0.05, 0.1) is 18.3 Å². The van der Waals surface area contributed by atoms with Crippen molar-refractivity contribution < 1.29 is 22.7 Å². The first-order chi connectivity index (χ1) is 9.96. The molecule has 122 valence electrons. The van der Waals surface area contributed by atoms with Crippen LogP contribution in [0.2, 0.25) is 0 Å². The fourth-order valence-electron chi connectivity index (χ4n) is 3.33. The first-order valence-corrected chi connectivity index (χ1v) is 9.08. The molecule has 0 radical (unpaired) electrons. The Hall–Kier alpha value is -0.660. The number of nitrogens with zero attached hydrogens (tertiary/aromatic N) is 1. The summed E-state index contributed by atoms with van der Waals surface area (Å²) in [6, 6.07) is 0. The molecular formula is C14H25NO5S. The smallest absolute Gasteiger partial charge is 0.310 e. The van der Waals surface area contributed by atoms with E-state index in [4.69, 9.17) is 9.47 Å². The van der Waals surface area contributed by atoms with Crippen LogP contribution >= 0.6 is 0 Å². The maximum Gasteiger partial charge on any atom is 0.310 e. The van der Waals surface area contributed by atoms with Crippen molar-refractivity contribution in [3.05, 3.63) is 0 Å². The Labute approximate surface area is 126 Å². The third kappa shape index (κ3) is 3.76. The summed E-state index contributed by atoms with van der Waals surface area (Å²) in [5.74, 6) is -0.575. The Morgan fingerprint density at radius 3 is 2.52 bits per heavy atom. The predicted molar refractivity (Wildman–Crippen MR) is 78.2 cm³/mol. The van der Waals surface area contributed by atoms with E-state index in [1.807, 2.05) is 0 Å². The molecule has 2 fully saturated rings. The summed E-state index contributed by atoms with van der Waals surface area (Å²) in [4.78, 5) is 11.8. The van der Waals surface area contributed by atoms with Crippen molar-refractivity contribution in [1.82, 2.24) is 4.31 Å². The molecular weight excluding hydrogens is 294 g/mol. The number of ether oxygens (including phenoxy) is 2. The predicted octanol–water partition coefficient (Wildman–Crippen LogP) is 1.02. The Bertz CT molecular complexity index is 458.